The van der Waals surface area contributed by atoms with Gasteiger partial charge in [-0.2, -0.15) is 13.2 Å². The molecule has 2 aromatic rings. The maximum Gasteiger partial charge on any atom is 0.443 e. The highest BCUT2D eigenvalue weighted by Crippen LogP contribution is 2.36. The van der Waals surface area contributed by atoms with Crippen molar-refractivity contribution in [1.82, 2.24) is 10.3 Å². The molecule has 0 amide bonds. The molecule has 1 N–H and O–H groups in total. The average Bonchev–Trinajstić information content (AvgIpc) is 2.84. The minimum Gasteiger partial charge on any atom is -0.309 e. The monoisotopic (exact) mass is 384 g/mol. The fourth-order valence-corrected chi connectivity index (χ4v) is 3.07. The van der Waals surface area contributed by atoms with Crippen LogP contribution in [0.25, 0.3) is 0 Å². The van der Waals surface area contributed by atoms with Crippen LogP contribution in [-0.4, -0.2) is 12.0 Å². The summed E-state index contributed by atoms with van der Waals surface area (Å²) in [6.07, 6.45) is -3.18. The fourth-order valence-electron chi connectivity index (χ4n) is 1.72. The quantitative estimate of drug-likeness (QED) is 0.814. The number of benzene rings is 1. The summed E-state index contributed by atoms with van der Waals surface area (Å²) in [7, 11) is 1.67. The summed E-state index contributed by atoms with van der Waals surface area (Å²) in [6, 6.07) is 4.88. The Morgan fingerprint density at radius 1 is 1.40 bits per heavy atom. The highest BCUT2D eigenvalue weighted by Gasteiger charge is 2.35. The second-order valence-electron chi connectivity index (χ2n) is 3.96. The van der Waals surface area contributed by atoms with Crippen molar-refractivity contribution in [3.8, 4) is 0 Å². The lowest BCUT2D eigenvalue weighted by atomic mass is 10.1. The Bertz CT molecular complexity index is 615. The summed E-state index contributed by atoms with van der Waals surface area (Å²) in [5, 5.41) is 2.63. The van der Waals surface area contributed by atoms with Gasteiger partial charge < -0.3 is 5.32 Å². The molecule has 20 heavy (non-hydrogen) atoms. The SMILES string of the molecule is CNC(c1ccc(Br)c(Cl)c1)c1cnc(C(F)(F)F)s1. The zero-order valence-corrected chi connectivity index (χ0v) is 13.3. The van der Waals surface area contributed by atoms with Gasteiger partial charge in [-0.25, -0.2) is 4.98 Å². The fraction of sp³-hybridized carbons (Fsp3) is 0.250. The van der Waals surface area contributed by atoms with Crippen LogP contribution in [0.15, 0.2) is 28.9 Å². The molecule has 0 aliphatic rings. The van der Waals surface area contributed by atoms with Crippen LogP contribution in [-0.2, 0) is 6.18 Å². The maximum atomic E-state index is 12.6. The summed E-state index contributed by atoms with van der Waals surface area (Å²) >= 11 is 9.91. The van der Waals surface area contributed by atoms with Gasteiger partial charge in [-0.1, -0.05) is 17.7 Å². The van der Waals surface area contributed by atoms with E-state index >= 15 is 0 Å². The molecule has 108 valence electrons. The molecule has 2 rings (SSSR count). The second kappa shape index (κ2) is 6.01. The van der Waals surface area contributed by atoms with Crippen LogP contribution in [0.3, 0.4) is 0 Å². The summed E-state index contributed by atoms with van der Waals surface area (Å²) in [5.74, 6) is 0. The van der Waals surface area contributed by atoms with Crippen LogP contribution in [0, 0.1) is 0 Å². The van der Waals surface area contributed by atoms with Crippen LogP contribution >= 0.6 is 38.9 Å². The summed E-state index contributed by atoms with van der Waals surface area (Å²) in [4.78, 5) is 3.92. The third-order valence-electron chi connectivity index (χ3n) is 2.62. The second-order valence-corrected chi connectivity index (χ2v) is 6.28. The van der Waals surface area contributed by atoms with E-state index in [1.54, 1.807) is 25.2 Å². The van der Waals surface area contributed by atoms with Crippen LogP contribution in [0.5, 0.6) is 0 Å². The van der Waals surface area contributed by atoms with Gasteiger partial charge in [-0.05, 0) is 40.7 Å². The molecule has 1 aromatic heterocycles. The van der Waals surface area contributed by atoms with Gasteiger partial charge in [0.2, 0.25) is 0 Å². The molecule has 1 aromatic carbocycles. The van der Waals surface area contributed by atoms with E-state index in [1.165, 1.54) is 6.20 Å². The molecule has 1 atom stereocenters. The van der Waals surface area contributed by atoms with Gasteiger partial charge in [0.15, 0.2) is 5.01 Å². The zero-order chi connectivity index (χ0) is 14.9. The number of hydrogen-bond acceptors (Lipinski definition) is 3. The van der Waals surface area contributed by atoms with E-state index in [-0.39, 0.29) is 6.04 Å². The van der Waals surface area contributed by atoms with Gasteiger partial charge >= 0.3 is 6.18 Å². The topological polar surface area (TPSA) is 24.9 Å². The van der Waals surface area contributed by atoms with Crippen molar-refractivity contribution in [2.75, 3.05) is 7.05 Å². The Morgan fingerprint density at radius 3 is 2.60 bits per heavy atom. The smallest absolute Gasteiger partial charge is 0.309 e. The highest BCUT2D eigenvalue weighted by atomic mass is 79.9. The lowest BCUT2D eigenvalue weighted by Gasteiger charge is -2.15. The molecule has 2 nitrogen and oxygen atoms in total. The molecule has 0 saturated carbocycles. The van der Waals surface area contributed by atoms with E-state index in [0.717, 1.165) is 10.0 Å². The Kier molecular flexibility index (Phi) is 4.73. The first kappa shape index (κ1) is 15.8. The molecule has 0 fully saturated rings. The van der Waals surface area contributed by atoms with Crippen LogP contribution in [0.1, 0.15) is 21.5 Å². The third kappa shape index (κ3) is 3.33. The molecule has 0 aliphatic carbocycles. The summed E-state index contributed by atoms with van der Waals surface area (Å²) in [6.45, 7) is 0. The maximum absolute atomic E-state index is 12.6. The van der Waals surface area contributed by atoms with Crippen molar-refractivity contribution in [2.45, 2.75) is 12.2 Å². The molecule has 0 saturated heterocycles. The largest absolute Gasteiger partial charge is 0.443 e. The number of aromatic nitrogens is 1. The van der Waals surface area contributed by atoms with E-state index in [2.05, 4.69) is 26.2 Å². The first-order valence-electron chi connectivity index (χ1n) is 5.48. The van der Waals surface area contributed by atoms with Gasteiger partial charge in [-0.15, -0.1) is 11.3 Å². The van der Waals surface area contributed by atoms with Gasteiger partial charge in [0, 0.05) is 15.5 Å². The number of nitrogens with zero attached hydrogens (tertiary/aromatic N) is 1. The van der Waals surface area contributed by atoms with Crippen molar-refractivity contribution in [3.05, 3.63) is 49.3 Å². The molecular weight excluding hydrogens is 377 g/mol. The Morgan fingerprint density at radius 2 is 2.10 bits per heavy atom. The molecule has 8 heteroatoms. The molecule has 1 heterocycles. The lowest BCUT2D eigenvalue weighted by Crippen LogP contribution is -2.16. The Hall–Kier alpha value is -0.630. The van der Waals surface area contributed by atoms with E-state index in [1.807, 2.05) is 0 Å². The predicted octanol–water partition coefficient (Wildman–Crippen LogP) is 4.89. The van der Waals surface area contributed by atoms with Gasteiger partial charge in [0.05, 0.1) is 11.1 Å². The zero-order valence-electron chi connectivity index (χ0n) is 10.1. The number of alkyl halides is 3. The number of halogens is 5. The van der Waals surface area contributed by atoms with Crippen molar-refractivity contribution in [2.24, 2.45) is 0 Å². The summed E-state index contributed by atoms with van der Waals surface area (Å²) in [5.41, 5.74) is 0.776. The van der Waals surface area contributed by atoms with Gasteiger partial charge in [-0.3, -0.25) is 0 Å². The van der Waals surface area contributed by atoms with Crippen molar-refractivity contribution in [1.29, 1.82) is 0 Å². The number of nitrogens with one attached hydrogen (secondary N) is 1. The van der Waals surface area contributed by atoms with Gasteiger partial charge in [0.1, 0.15) is 0 Å². The molecule has 0 bridgehead atoms. The van der Waals surface area contributed by atoms with Gasteiger partial charge in [0.25, 0.3) is 0 Å². The van der Waals surface area contributed by atoms with Crippen molar-refractivity contribution in [3.63, 3.8) is 0 Å². The van der Waals surface area contributed by atoms with E-state index in [4.69, 9.17) is 11.6 Å². The first-order chi connectivity index (χ1) is 9.32. The average molecular weight is 386 g/mol. The van der Waals surface area contributed by atoms with E-state index in [9.17, 15) is 13.2 Å². The van der Waals surface area contributed by atoms with E-state index in [0.29, 0.717) is 21.2 Å². The molecule has 0 radical (unpaired) electrons. The predicted molar refractivity (Wildman–Crippen MR) is 77.2 cm³/mol. The minimum atomic E-state index is -4.42. The molecule has 0 aliphatic heterocycles. The number of hydrogen-bond donors (Lipinski definition) is 1. The van der Waals surface area contributed by atoms with Crippen LogP contribution in [0.4, 0.5) is 13.2 Å². The number of rotatable bonds is 3. The van der Waals surface area contributed by atoms with Crippen molar-refractivity contribution >= 4 is 38.9 Å². The normalized spacial score (nSPS) is 13.5. The molecule has 1 unspecified atom stereocenters. The molecule has 0 spiro atoms. The minimum absolute atomic E-state index is 0.380. The highest BCUT2D eigenvalue weighted by molar-refractivity contribution is 9.10. The lowest BCUT2D eigenvalue weighted by molar-refractivity contribution is -0.137. The Labute approximate surface area is 131 Å². The molecular formula is C12H9BrClF3N2S. The van der Waals surface area contributed by atoms with E-state index < -0.39 is 11.2 Å². The van der Waals surface area contributed by atoms with Crippen LogP contribution in [0.2, 0.25) is 5.02 Å². The number of thiazole rings is 1. The third-order valence-corrected chi connectivity index (χ3v) is 4.96. The van der Waals surface area contributed by atoms with Crippen molar-refractivity contribution < 1.29 is 13.2 Å². The summed E-state index contributed by atoms with van der Waals surface area (Å²) < 4.78 is 38.5. The Balaban J connectivity index is 2.37. The first-order valence-corrected chi connectivity index (χ1v) is 7.47. The standard InChI is InChI=1S/C12H9BrClF3N2S/c1-18-10(6-2-3-7(13)8(14)4-6)9-5-19-11(20-9)12(15,16)17/h2-5,10,18H,1H3. The van der Waals surface area contributed by atoms with Crippen LogP contribution < -0.4 is 5.32 Å².